The molecule has 0 radical (unpaired) electrons. The molecule has 0 fully saturated rings. The zero-order chi connectivity index (χ0) is 14.2. The lowest BCUT2D eigenvalue weighted by molar-refractivity contribution is 0.0133. The molecule has 0 aliphatic heterocycles. The Morgan fingerprint density at radius 3 is 1.89 bits per heavy atom. The van der Waals surface area contributed by atoms with Gasteiger partial charge in [-0.25, -0.2) is 0 Å². The number of hydrogen-bond donors (Lipinski definition) is 0. The van der Waals surface area contributed by atoms with Crippen molar-refractivity contribution in [3.63, 3.8) is 0 Å². The molecule has 0 rings (SSSR count). The Hall–Kier alpha value is 0.320. The average Bonchev–Trinajstić information content (AvgIpc) is 2.40. The molecule has 0 heterocycles. The molecule has 0 N–H and O–H groups in total. The van der Waals surface area contributed by atoms with Crippen LogP contribution >= 0.6 is 15.9 Å². The SMILES string of the molecule is CCCCOCCOCCOCCCC(Br)COC. The van der Waals surface area contributed by atoms with Crippen LogP contribution in [0.5, 0.6) is 0 Å². The summed E-state index contributed by atoms with van der Waals surface area (Å²) in [5.74, 6) is 0. The summed E-state index contributed by atoms with van der Waals surface area (Å²) >= 11 is 3.55. The number of methoxy groups -OCH3 is 1. The van der Waals surface area contributed by atoms with E-state index >= 15 is 0 Å². The Labute approximate surface area is 126 Å². The van der Waals surface area contributed by atoms with E-state index < -0.39 is 0 Å². The minimum absolute atomic E-state index is 0.428. The highest BCUT2D eigenvalue weighted by Crippen LogP contribution is 2.07. The van der Waals surface area contributed by atoms with E-state index in [9.17, 15) is 0 Å². The predicted octanol–water partition coefficient (Wildman–Crippen LogP) is 3.03. The third-order valence-corrected chi connectivity index (χ3v) is 3.26. The summed E-state index contributed by atoms with van der Waals surface area (Å²) in [6.45, 7) is 7.17. The first-order chi connectivity index (χ1) is 9.31. The molecule has 0 aromatic carbocycles. The van der Waals surface area contributed by atoms with Crippen LogP contribution in [0, 0.1) is 0 Å². The lowest BCUT2D eigenvalue weighted by Crippen LogP contribution is -2.11. The second kappa shape index (κ2) is 16.4. The maximum atomic E-state index is 5.48. The van der Waals surface area contributed by atoms with Crippen LogP contribution in [0.25, 0.3) is 0 Å². The van der Waals surface area contributed by atoms with Crippen molar-refractivity contribution in [2.45, 2.75) is 37.4 Å². The second-order valence-corrected chi connectivity index (χ2v) is 5.68. The summed E-state index contributed by atoms with van der Waals surface area (Å²) in [6.07, 6.45) is 4.41. The smallest absolute Gasteiger partial charge is 0.0701 e. The zero-order valence-electron chi connectivity index (χ0n) is 12.4. The number of halogens is 1. The number of rotatable bonds is 15. The van der Waals surface area contributed by atoms with Gasteiger partial charge < -0.3 is 18.9 Å². The molecule has 0 aliphatic carbocycles. The van der Waals surface area contributed by atoms with Gasteiger partial charge in [0.05, 0.1) is 33.0 Å². The van der Waals surface area contributed by atoms with Gasteiger partial charge in [0.1, 0.15) is 0 Å². The van der Waals surface area contributed by atoms with Gasteiger partial charge in [-0.15, -0.1) is 0 Å². The summed E-state index contributed by atoms with van der Waals surface area (Å²) in [5.41, 5.74) is 0. The van der Waals surface area contributed by atoms with Crippen molar-refractivity contribution in [3.8, 4) is 0 Å². The van der Waals surface area contributed by atoms with Gasteiger partial charge in [-0.3, -0.25) is 0 Å². The van der Waals surface area contributed by atoms with E-state index in [0.717, 1.165) is 39.1 Å². The van der Waals surface area contributed by atoms with Gasteiger partial charge in [-0.05, 0) is 19.3 Å². The summed E-state index contributed by atoms with van der Waals surface area (Å²) in [5, 5.41) is 0. The number of ether oxygens (including phenoxy) is 4. The van der Waals surface area contributed by atoms with Crippen molar-refractivity contribution in [2.75, 3.05) is 53.4 Å². The maximum Gasteiger partial charge on any atom is 0.0701 e. The molecule has 0 saturated carbocycles. The molecular formula is C14H29BrO4. The van der Waals surface area contributed by atoms with Crippen LogP contribution in [0.4, 0.5) is 0 Å². The lowest BCUT2D eigenvalue weighted by Gasteiger charge is -2.09. The van der Waals surface area contributed by atoms with Gasteiger partial charge in [-0.2, -0.15) is 0 Å². The molecule has 1 atom stereocenters. The standard InChI is InChI=1S/C14H29BrO4/c1-3-4-7-17-9-11-19-12-10-18-8-5-6-14(15)13-16-2/h14H,3-13H2,1-2H3. The van der Waals surface area contributed by atoms with E-state index in [1.807, 2.05) is 0 Å². The van der Waals surface area contributed by atoms with E-state index in [2.05, 4.69) is 22.9 Å². The van der Waals surface area contributed by atoms with Crippen LogP contribution < -0.4 is 0 Å². The van der Waals surface area contributed by atoms with E-state index in [1.165, 1.54) is 6.42 Å². The molecule has 0 amide bonds. The summed E-state index contributed by atoms with van der Waals surface area (Å²) in [6, 6.07) is 0. The molecule has 0 saturated heterocycles. The van der Waals surface area contributed by atoms with Crippen LogP contribution in [-0.2, 0) is 18.9 Å². The Kier molecular flexibility index (Phi) is 16.7. The van der Waals surface area contributed by atoms with Crippen LogP contribution in [-0.4, -0.2) is 58.2 Å². The van der Waals surface area contributed by atoms with Crippen LogP contribution in [0.3, 0.4) is 0 Å². The zero-order valence-corrected chi connectivity index (χ0v) is 14.0. The van der Waals surface area contributed by atoms with Gasteiger partial charge in [0.25, 0.3) is 0 Å². The fraction of sp³-hybridized carbons (Fsp3) is 1.00. The van der Waals surface area contributed by atoms with Crippen molar-refractivity contribution < 1.29 is 18.9 Å². The Morgan fingerprint density at radius 1 is 0.842 bits per heavy atom. The second-order valence-electron chi connectivity index (χ2n) is 4.39. The normalized spacial score (nSPS) is 12.8. The number of hydrogen-bond acceptors (Lipinski definition) is 4. The molecule has 0 aliphatic rings. The van der Waals surface area contributed by atoms with Gasteiger partial charge >= 0.3 is 0 Å². The fourth-order valence-electron chi connectivity index (χ4n) is 1.46. The van der Waals surface area contributed by atoms with Crippen molar-refractivity contribution in [2.24, 2.45) is 0 Å². The third-order valence-electron chi connectivity index (χ3n) is 2.54. The van der Waals surface area contributed by atoms with E-state index in [0.29, 0.717) is 31.3 Å². The van der Waals surface area contributed by atoms with E-state index in [4.69, 9.17) is 18.9 Å². The third kappa shape index (κ3) is 16.3. The highest BCUT2D eigenvalue weighted by atomic mass is 79.9. The number of unbranched alkanes of at least 4 members (excludes halogenated alkanes) is 1. The van der Waals surface area contributed by atoms with Gasteiger partial charge in [0.15, 0.2) is 0 Å². The van der Waals surface area contributed by atoms with Gasteiger partial charge in [0, 0.05) is 25.2 Å². The molecule has 116 valence electrons. The molecule has 19 heavy (non-hydrogen) atoms. The Balaban J connectivity index is 2.99. The van der Waals surface area contributed by atoms with Crippen molar-refractivity contribution in [1.82, 2.24) is 0 Å². The maximum absolute atomic E-state index is 5.48. The van der Waals surface area contributed by atoms with Crippen LogP contribution in [0.1, 0.15) is 32.6 Å². The molecule has 0 aromatic rings. The van der Waals surface area contributed by atoms with Gasteiger partial charge in [-0.1, -0.05) is 29.3 Å². The lowest BCUT2D eigenvalue weighted by atomic mass is 10.2. The quantitative estimate of drug-likeness (QED) is 0.339. The predicted molar refractivity (Wildman–Crippen MR) is 81.2 cm³/mol. The molecule has 0 spiro atoms. The Morgan fingerprint density at radius 2 is 1.37 bits per heavy atom. The highest BCUT2D eigenvalue weighted by molar-refractivity contribution is 9.09. The minimum Gasteiger partial charge on any atom is -0.384 e. The van der Waals surface area contributed by atoms with E-state index in [1.54, 1.807) is 7.11 Å². The first-order valence-electron chi connectivity index (χ1n) is 7.17. The minimum atomic E-state index is 0.428. The number of alkyl halides is 1. The molecule has 5 heteroatoms. The molecule has 4 nitrogen and oxygen atoms in total. The van der Waals surface area contributed by atoms with E-state index in [-0.39, 0.29) is 0 Å². The van der Waals surface area contributed by atoms with Crippen LogP contribution in [0.2, 0.25) is 0 Å². The first kappa shape index (κ1) is 19.3. The topological polar surface area (TPSA) is 36.9 Å². The summed E-state index contributed by atoms with van der Waals surface area (Å²) in [4.78, 5) is 0.428. The van der Waals surface area contributed by atoms with Crippen LogP contribution in [0.15, 0.2) is 0 Å². The van der Waals surface area contributed by atoms with Crippen molar-refractivity contribution in [3.05, 3.63) is 0 Å². The molecule has 0 aromatic heterocycles. The molecular weight excluding hydrogens is 312 g/mol. The monoisotopic (exact) mass is 340 g/mol. The average molecular weight is 341 g/mol. The fourth-order valence-corrected chi connectivity index (χ4v) is 2.05. The van der Waals surface area contributed by atoms with Crippen molar-refractivity contribution in [1.29, 1.82) is 0 Å². The Bertz CT molecular complexity index is 170. The van der Waals surface area contributed by atoms with Gasteiger partial charge in [0.2, 0.25) is 0 Å². The molecule has 0 bridgehead atoms. The molecule has 1 unspecified atom stereocenters. The largest absolute Gasteiger partial charge is 0.384 e. The first-order valence-corrected chi connectivity index (χ1v) is 8.09. The summed E-state index contributed by atoms with van der Waals surface area (Å²) in [7, 11) is 1.72. The highest BCUT2D eigenvalue weighted by Gasteiger charge is 2.02. The van der Waals surface area contributed by atoms with Crippen molar-refractivity contribution >= 4 is 15.9 Å². The summed E-state index contributed by atoms with van der Waals surface area (Å²) < 4.78 is 21.3.